The van der Waals surface area contributed by atoms with Crippen LogP contribution in [0.5, 0.6) is 0 Å². The molecule has 0 aromatic heterocycles. The molecule has 0 heterocycles. The summed E-state index contributed by atoms with van der Waals surface area (Å²) >= 11 is 0. The maximum Gasteiger partial charge on any atom is 0.222 e. The SMILES string of the molecule is CN(C)C([C]=O)c1cccc2ccccc12. The van der Waals surface area contributed by atoms with E-state index in [9.17, 15) is 4.79 Å². The van der Waals surface area contributed by atoms with Crippen molar-refractivity contribution in [1.82, 2.24) is 4.90 Å². The van der Waals surface area contributed by atoms with Crippen molar-refractivity contribution in [3.8, 4) is 0 Å². The van der Waals surface area contributed by atoms with Gasteiger partial charge in [-0.3, -0.25) is 9.69 Å². The Morgan fingerprint density at radius 1 is 1.06 bits per heavy atom. The molecule has 0 saturated carbocycles. The standard InChI is InChI=1S/C14H14NO/c1-15(2)14(10-16)13-9-5-7-11-6-3-4-8-12(11)13/h3-9,14H,1-2H3. The fraction of sp³-hybridized carbons (Fsp3) is 0.214. The van der Waals surface area contributed by atoms with Crippen LogP contribution >= 0.6 is 0 Å². The normalized spacial score (nSPS) is 12.9. The van der Waals surface area contributed by atoms with Gasteiger partial charge in [-0.1, -0.05) is 42.5 Å². The van der Waals surface area contributed by atoms with Gasteiger partial charge in [0, 0.05) is 0 Å². The number of rotatable bonds is 3. The Hall–Kier alpha value is -1.67. The molecule has 1 unspecified atom stereocenters. The molecule has 1 atom stereocenters. The Labute approximate surface area is 95.5 Å². The summed E-state index contributed by atoms with van der Waals surface area (Å²) < 4.78 is 0. The molecule has 2 aromatic rings. The van der Waals surface area contributed by atoms with Crippen molar-refractivity contribution in [2.45, 2.75) is 6.04 Å². The van der Waals surface area contributed by atoms with Crippen molar-refractivity contribution in [3.05, 3.63) is 48.0 Å². The zero-order valence-corrected chi connectivity index (χ0v) is 9.47. The Bertz CT molecular complexity index is 500. The van der Waals surface area contributed by atoms with Crippen LogP contribution in [0.1, 0.15) is 11.6 Å². The number of nitrogens with zero attached hydrogens (tertiary/aromatic N) is 1. The van der Waals surface area contributed by atoms with E-state index in [1.807, 2.05) is 49.3 Å². The first-order valence-corrected chi connectivity index (χ1v) is 5.26. The van der Waals surface area contributed by atoms with Gasteiger partial charge in [0.15, 0.2) is 0 Å². The van der Waals surface area contributed by atoms with Gasteiger partial charge in [-0.15, -0.1) is 0 Å². The molecular formula is C14H14NO. The average Bonchev–Trinajstić information content (AvgIpc) is 2.30. The Morgan fingerprint density at radius 3 is 2.44 bits per heavy atom. The van der Waals surface area contributed by atoms with Gasteiger partial charge in [-0.25, -0.2) is 0 Å². The molecule has 2 nitrogen and oxygen atoms in total. The molecule has 0 N–H and O–H groups in total. The molecule has 0 aliphatic heterocycles. The first-order chi connectivity index (χ1) is 7.74. The zero-order chi connectivity index (χ0) is 11.5. The number of benzene rings is 2. The summed E-state index contributed by atoms with van der Waals surface area (Å²) in [6.07, 6.45) is 2.09. The predicted octanol–water partition coefficient (Wildman–Crippen LogP) is 2.55. The zero-order valence-electron chi connectivity index (χ0n) is 9.47. The summed E-state index contributed by atoms with van der Waals surface area (Å²) in [5, 5.41) is 2.27. The van der Waals surface area contributed by atoms with Crippen LogP contribution in [0.15, 0.2) is 42.5 Å². The fourth-order valence-electron chi connectivity index (χ4n) is 1.94. The van der Waals surface area contributed by atoms with Gasteiger partial charge in [0.2, 0.25) is 6.29 Å². The van der Waals surface area contributed by atoms with Gasteiger partial charge < -0.3 is 0 Å². The van der Waals surface area contributed by atoms with Gasteiger partial charge >= 0.3 is 0 Å². The third kappa shape index (κ3) is 1.84. The third-order valence-electron chi connectivity index (χ3n) is 2.75. The Morgan fingerprint density at radius 2 is 1.75 bits per heavy atom. The van der Waals surface area contributed by atoms with E-state index < -0.39 is 0 Å². The van der Waals surface area contributed by atoms with Gasteiger partial charge in [-0.05, 0) is 30.4 Å². The molecule has 2 aromatic carbocycles. The number of hydrogen-bond donors (Lipinski definition) is 0. The first kappa shape index (κ1) is 10.8. The van der Waals surface area contributed by atoms with E-state index in [1.165, 1.54) is 0 Å². The first-order valence-electron chi connectivity index (χ1n) is 5.26. The highest BCUT2D eigenvalue weighted by molar-refractivity contribution is 5.88. The van der Waals surface area contributed by atoms with E-state index in [0.717, 1.165) is 16.3 Å². The maximum absolute atomic E-state index is 11.0. The molecule has 0 spiro atoms. The number of carbonyl (C=O) groups excluding carboxylic acids is 1. The van der Waals surface area contributed by atoms with E-state index in [4.69, 9.17) is 0 Å². The minimum atomic E-state index is -0.300. The Kier molecular flexibility index (Phi) is 3.02. The molecular weight excluding hydrogens is 198 g/mol. The molecule has 0 amide bonds. The van der Waals surface area contributed by atoms with Crippen LogP contribution in [0.25, 0.3) is 10.8 Å². The van der Waals surface area contributed by atoms with E-state index >= 15 is 0 Å². The van der Waals surface area contributed by atoms with Gasteiger partial charge in [0.05, 0.1) is 0 Å². The quantitative estimate of drug-likeness (QED) is 0.779. The second-order valence-electron chi connectivity index (χ2n) is 4.05. The highest BCUT2D eigenvalue weighted by Gasteiger charge is 2.15. The summed E-state index contributed by atoms with van der Waals surface area (Å²) in [5.74, 6) is 0. The predicted molar refractivity (Wildman–Crippen MR) is 66.1 cm³/mol. The van der Waals surface area contributed by atoms with Crippen molar-refractivity contribution in [2.75, 3.05) is 14.1 Å². The topological polar surface area (TPSA) is 20.3 Å². The number of fused-ring (bicyclic) bond motifs is 1. The van der Waals surface area contributed by atoms with Crippen LogP contribution in [-0.2, 0) is 4.79 Å². The minimum Gasteiger partial charge on any atom is -0.296 e. The highest BCUT2D eigenvalue weighted by atomic mass is 16.1. The lowest BCUT2D eigenvalue weighted by molar-refractivity contribution is 0.357. The van der Waals surface area contributed by atoms with Gasteiger partial charge in [0.25, 0.3) is 0 Å². The van der Waals surface area contributed by atoms with E-state index in [1.54, 1.807) is 0 Å². The van der Waals surface area contributed by atoms with E-state index in [0.29, 0.717) is 0 Å². The molecule has 16 heavy (non-hydrogen) atoms. The van der Waals surface area contributed by atoms with Gasteiger partial charge in [-0.2, -0.15) is 0 Å². The van der Waals surface area contributed by atoms with E-state index in [-0.39, 0.29) is 6.04 Å². The third-order valence-corrected chi connectivity index (χ3v) is 2.75. The van der Waals surface area contributed by atoms with Crippen LogP contribution in [0.2, 0.25) is 0 Å². The molecule has 0 saturated heterocycles. The van der Waals surface area contributed by atoms with Crippen LogP contribution in [-0.4, -0.2) is 25.3 Å². The largest absolute Gasteiger partial charge is 0.296 e. The minimum absolute atomic E-state index is 0.300. The summed E-state index contributed by atoms with van der Waals surface area (Å²) in [7, 11) is 3.77. The van der Waals surface area contributed by atoms with Gasteiger partial charge in [0.1, 0.15) is 6.04 Å². The molecule has 0 aliphatic carbocycles. The monoisotopic (exact) mass is 212 g/mol. The summed E-state index contributed by atoms with van der Waals surface area (Å²) in [6, 6.07) is 13.8. The maximum atomic E-state index is 11.0. The smallest absolute Gasteiger partial charge is 0.222 e. The van der Waals surface area contributed by atoms with Crippen molar-refractivity contribution in [3.63, 3.8) is 0 Å². The summed E-state index contributed by atoms with van der Waals surface area (Å²) in [5.41, 5.74) is 1.01. The lowest BCUT2D eigenvalue weighted by Crippen LogP contribution is -2.21. The van der Waals surface area contributed by atoms with Crippen LogP contribution in [0, 0.1) is 0 Å². The summed E-state index contributed by atoms with van der Waals surface area (Å²) in [6.45, 7) is 0. The molecule has 2 heteroatoms. The molecule has 2 rings (SSSR count). The van der Waals surface area contributed by atoms with Crippen molar-refractivity contribution in [2.24, 2.45) is 0 Å². The van der Waals surface area contributed by atoms with Crippen molar-refractivity contribution < 1.29 is 4.79 Å². The number of hydrogen-bond acceptors (Lipinski definition) is 2. The molecule has 0 bridgehead atoms. The Balaban J connectivity index is 2.63. The van der Waals surface area contributed by atoms with Crippen LogP contribution in [0.4, 0.5) is 0 Å². The number of likely N-dealkylation sites (N-methyl/N-ethyl adjacent to an activating group) is 1. The second-order valence-corrected chi connectivity index (χ2v) is 4.05. The molecule has 81 valence electrons. The average molecular weight is 212 g/mol. The van der Waals surface area contributed by atoms with Crippen molar-refractivity contribution in [1.29, 1.82) is 0 Å². The highest BCUT2D eigenvalue weighted by Crippen LogP contribution is 2.25. The van der Waals surface area contributed by atoms with Crippen LogP contribution < -0.4 is 0 Å². The molecule has 1 radical (unpaired) electrons. The molecule has 0 aliphatic rings. The lowest BCUT2D eigenvalue weighted by Gasteiger charge is -2.19. The lowest BCUT2D eigenvalue weighted by atomic mass is 9.99. The van der Waals surface area contributed by atoms with E-state index in [2.05, 4.69) is 18.4 Å². The molecule has 0 fully saturated rings. The second kappa shape index (κ2) is 4.45. The summed E-state index contributed by atoms with van der Waals surface area (Å²) in [4.78, 5) is 12.9. The van der Waals surface area contributed by atoms with Crippen molar-refractivity contribution >= 4 is 17.1 Å². The van der Waals surface area contributed by atoms with Crippen LogP contribution in [0.3, 0.4) is 0 Å². The fourth-order valence-corrected chi connectivity index (χ4v) is 1.94.